The summed E-state index contributed by atoms with van der Waals surface area (Å²) >= 11 is 0. The normalized spacial score (nSPS) is 12.8. The molecule has 1 aromatic heterocycles. The van der Waals surface area contributed by atoms with E-state index in [1.54, 1.807) is 0 Å². The number of fused-ring (bicyclic) bond motifs is 1. The van der Waals surface area contributed by atoms with Crippen LogP contribution in [0.5, 0.6) is 0 Å². The third kappa shape index (κ3) is 2.49. The molecule has 0 radical (unpaired) electrons. The molecule has 1 unspecified atom stereocenters. The number of nitrogens with zero attached hydrogens (tertiary/aromatic N) is 3. The lowest BCUT2D eigenvalue weighted by Crippen LogP contribution is -2.11. The summed E-state index contributed by atoms with van der Waals surface area (Å²) in [6, 6.07) is 7.97. The van der Waals surface area contributed by atoms with Crippen molar-refractivity contribution < 1.29 is 0 Å². The Hall–Kier alpha value is -1.82. The van der Waals surface area contributed by atoms with Crippen LogP contribution < -0.4 is 0 Å². The average molecular weight is 255 g/mol. The molecular weight excluding hydrogens is 234 g/mol. The number of rotatable bonds is 4. The van der Waals surface area contributed by atoms with Crippen molar-refractivity contribution in [1.29, 1.82) is 5.26 Å². The van der Waals surface area contributed by atoms with Crippen LogP contribution in [0.4, 0.5) is 0 Å². The molecule has 0 aliphatic rings. The van der Waals surface area contributed by atoms with E-state index in [-0.39, 0.29) is 0 Å². The van der Waals surface area contributed by atoms with Crippen molar-refractivity contribution in [2.75, 3.05) is 0 Å². The van der Waals surface area contributed by atoms with Crippen LogP contribution in [-0.4, -0.2) is 9.55 Å². The van der Waals surface area contributed by atoms with E-state index in [0.29, 0.717) is 17.4 Å². The molecule has 0 fully saturated rings. The maximum absolute atomic E-state index is 8.99. The van der Waals surface area contributed by atoms with E-state index in [9.17, 15) is 0 Å². The van der Waals surface area contributed by atoms with Crippen LogP contribution in [0.25, 0.3) is 11.0 Å². The zero-order chi connectivity index (χ0) is 14.0. The van der Waals surface area contributed by atoms with E-state index in [1.165, 1.54) is 0 Å². The van der Waals surface area contributed by atoms with Crippen LogP contribution in [0.3, 0.4) is 0 Å². The topological polar surface area (TPSA) is 41.6 Å². The molecule has 19 heavy (non-hydrogen) atoms. The van der Waals surface area contributed by atoms with Gasteiger partial charge in [-0.15, -0.1) is 0 Å². The van der Waals surface area contributed by atoms with Crippen molar-refractivity contribution in [3.63, 3.8) is 0 Å². The largest absolute Gasteiger partial charge is 0.328 e. The summed E-state index contributed by atoms with van der Waals surface area (Å²) in [4.78, 5) is 4.77. The first-order chi connectivity index (χ1) is 9.08. The van der Waals surface area contributed by atoms with Crippen molar-refractivity contribution >= 4 is 11.0 Å². The smallest absolute Gasteiger partial charge is 0.112 e. The molecule has 3 heteroatoms. The summed E-state index contributed by atoms with van der Waals surface area (Å²) in [5.41, 5.74) is 2.76. The van der Waals surface area contributed by atoms with Crippen LogP contribution in [0, 0.1) is 17.2 Å². The second-order valence-corrected chi connectivity index (χ2v) is 5.47. The van der Waals surface area contributed by atoms with Crippen molar-refractivity contribution in [1.82, 2.24) is 9.55 Å². The molecular formula is C16H21N3. The minimum atomic E-state index is 0.421. The van der Waals surface area contributed by atoms with Gasteiger partial charge in [0.1, 0.15) is 5.82 Å². The number of imidazole rings is 1. The van der Waals surface area contributed by atoms with Crippen LogP contribution in [0.2, 0.25) is 0 Å². The third-order valence-electron chi connectivity index (χ3n) is 3.76. The summed E-state index contributed by atoms with van der Waals surface area (Å²) in [6.07, 6.45) is 1.09. The Morgan fingerprint density at radius 1 is 1.32 bits per heavy atom. The molecule has 1 heterocycles. The lowest BCUT2D eigenvalue weighted by Gasteiger charge is -2.17. The number of aromatic nitrogens is 2. The maximum Gasteiger partial charge on any atom is 0.112 e. The molecule has 100 valence electrons. The van der Waals surface area contributed by atoms with Crippen LogP contribution >= 0.6 is 0 Å². The zero-order valence-corrected chi connectivity index (χ0v) is 12.1. The van der Waals surface area contributed by atoms with E-state index in [1.807, 2.05) is 18.2 Å². The summed E-state index contributed by atoms with van der Waals surface area (Å²) in [5, 5.41) is 8.99. The van der Waals surface area contributed by atoms with Crippen LogP contribution in [0.1, 0.15) is 51.4 Å². The molecule has 0 spiro atoms. The first kappa shape index (κ1) is 13.6. The number of aryl methyl sites for hydroxylation is 1. The van der Waals surface area contributed by atoms with Crippen molar-refractivity contribution in [2.24, 2.45) is 5.92 Å². The average Bonchev–Trinajstić information content (AvgIpc) is 2.76. The molecule has 1 aromatic carbocycles. The zero-order valence-electron chi connectivity index (χ0n) is 12.1. The second kappa shape index (κ2) is 5.44. The molecule has 0 amide bonds. The summed E-state index contributed by atoms with van der Waals surface area (Å²) in [7, 11) is 0. The summed E-state index contributed by atoms with van der Waals surface area (Å²) in [6.45, 7) is 9.83. The minimum absolute atomic E-state index is 0.421. The van der Waals surface area contributed by atoms with Gasteiger partial charge in [0.25, 0.3) is 0 Å². The molecule has 0 N–H and O–H groups in total. The first-order valence-electron chi connectivity index (χ1n) is 6.98. The molecule has 2 rings (SSSR count). The highest BCUT2D eigenvalue weighted by Gasteiger charge is 2.18. The molecule has 0 aliphatic heterocycles. The Kier molecular flexibility index (Phi) is 3.90. The highest BCUT2D eigenvalue weighted by atomic mass is 15.1. The Bertz CT molecular complexity index is 617. The van der Waals surface area contributed by atoms with Gasteiger partial charge in [-0.05, 0) is 30.5 Å². The van der Waals surface area contributed by atoms with E-state index in [4.69, 9.17) is 10.2 Å². The van der Waals surface area contributed by atoms with Crippen molar-refractivity contribution in [3.8, 4) is 6.07 Å². The van der Waals surface area contributed by atoms with Gasteiger partial charge in [-0.25, -0.2) is 4.98 Å². The Labute approximate surface area is 114 Å². The number of benzene rings is 1. The number of hydrogen-bond donors (Lipinski definition) is 0. The molecule has 0 aliphatic carbocycles. The highest BCUT2D eigenvalue weighted by Crippen LogP contribution is 2.27. The quantitative estimate of drug-likeness (QED) is 0.826. The van der Waals surface area contributed by atoms with Gasteiger partial charge in [0.05, 0.1) is 22.7 Å². The van der Waals surface area contributed by atoms with E-state index < -0.39 is 0 Å². The van der Waals surface area contributed by atoms with Gasteiger partial charge in [-0.2, -0.15) is 5.26 Å². The van der Waals surface area contributed by atoms with Gasteiger partial charge in [0.2, 0.25) is 0 Å². The fourth-order valence-electron chi connectivity index (χ4n) is 2.32. The molecule has 0 bridgehead atoms. The lowest BCUT2D eigenvalue weighted by atomic mass is 9.97. The fraction of sp³-hybridized carbons (Fsp3) is 0.500. The molecule has 1 atom stereocenters. The Balaban J connectivity index is 2.62. The SMILES string of the molecule is CCCn1c(C(C)C(C)C)nc2cc(C#N)ccc21. The highest BCUT2D eigenvalue weighted by molar-refractivity contribution is 5.78. The van der Waals surface area contributed by atoms with Gasteiger partial charge in [0, 0.05) is 12.5 Å². The van der Waals surface area contributed by atoms with Gasteiger partial charge in [-0.3, -0.25) is 0 Å². The predicted octanol–water partition coefficient (Wildman–Crippen LogP) is 4.08. The van der Waals surface area contributed by atoms with Crippen molar-refractivity contribution in [3.05, 3.63) is 29.6 Å². The Morgan fingerprint density at radius 3 is 2.63 bits per heavy atom. The maximum atomic E-state index is 8.99. The van der Waals surface area contributed by atoms with Gasteiger partial charge in [0.15, 0.2) is 0 Å². The van der Waals surface area contributed by atoms with Gasteiger partial charge in [-0.1, -0.05) is 27.7 Å². The first-order valence-corrected chi connectivity index (χ1v) is 6.98. The molecule has 3 nitrogen and oxygen atoms in total. The predicted molar refractivity (Wildman–Crippen MR) is 78.0 cm³/mol. The summed E-state index contributed by atoms with van der Waals surface area (Å²) < 4.78 is 2.31. The third-order valence-corrected chi connectivity index (χ3v) is 3.76. The molecule has 0 saturated carbocycles. The van der Waals surface area contributed by atoms with Crippen LogP contribution in [0.15, 0.2) is 18.2 Å². The van der Waals surface area contributed by atoms with Gasteiger partial charge < -0.3 is 4.57 Å². The van der Waals surface area contributed by atoms with E-state index >= 15 is 0 Å². The number of hydrogen-bond acceptors (Lipinski definition) is 2. The monoisotopic (exact) mass is 255 g/mol. The van der Waals surface area contributed by atoms with E-state index in [0.717, 1.165) is 29.8 Å². The standard InChI is InChI=1S/C16H21N3/c1-5-8-19-15-7-6-13(10-17)9-14(15)18-16(19)12(4)11(2)3/h6-7,9,11-12H,5,8H2,1-4H3. The molecule has 2 aromatic rings. The molecule has 0 saturated heterocycles. The number of nitriles is 1. The lowest BCUT2D eigenvalue weighted by molar-refractivity contribution is 0.485. The summed E-state index contributed by atoms with van der Waals surface area (Å²) in [5.74, 6) is 2.12. The Morgan fingerprint density at radius 2 is 2.05 bits per heavy atom. The second-order valence-electron chi connectivity index (χ2n) is 5.47. The van der Waals surface area contributed by atoms with Crippen molar-refractivity contribution in [2.45, 2.75) is 46.6 Å². The van der Waals surface area contributed by atoms with E-state index in [2.05, 4.69) is 38.3 Å². The van der Waals surface area contributed by atoms with Gasteiger partial charge >= 0.3 is 0 Å². The fourth-order valence-corrected chi connectivity index (χ4v) is 2.32. The minimum Gasteiger partial charge on any atom is -0.328 e. The van der Waals surface area contributed by atoms with Crippen LogP contribution in [-0.2, 0) is 6.54 Å².